The van der Waals surface area contributed by atoms with Gasteiger partial charge in [-0.1, -0.05) is 6.07 Å². The van der Waals surface area contributed by atoms with Gasteiger partial charge in [0, 0.05) is 32.0 Å². The summed E-state index contributed by atoms with van der Waals surface area (Å²) in [7, 11) is 4.78. The zero-order chi connectivity index (χ0) is 18.5. The number of methoxy groups -OCH3 is 3. The van der Waals surface area contributed by atoms with Crippen LogP contribution < -0.4 is 9.47 Å². The third-order valence-corrected chi connectivity index (χ3v) is 5.47. The molecule has 0 bridgehead atoms. The van der Waals surface area contributed by atoms with E-state index in [-0.39, 0.29) is 24.0 Å². The van der Waals surface area contributed by atoms with Gasteiger partial charge in [-0.3, -0.25) is 0 Å². The molecular weight excluding hydrogens is 334 g/mol. The Morgan fingerprint density at radius 1 is 1.12 bits per heavy atom. The molecule has 1 aliphatic carbocycles. The number of nitrogens with zero attached hydrogens (tertiary/aromatic N) is 1. The van der Waals surface area contributed by atoms with Crippen LogP contribution in [0.15, 0.2) is 18.2 Å². The number of hydrogen-bond acceptors (Lipinski definition) is 5. The van der Waals surface area contributed by atoms with Gasteiger partial charge in [0.15, 0.2) is 11.5 Å². The second-order valence-electron chi connectivity index (χ2n) is 7.13. The first-order chi connectivity index (χ1) is 12.7. The fourth-order valence-electron chi connectivity index (χ4n) is 4.11. The maximum absolute atomic E-state index is 12.0. The average molecular weight is 363 g/mol. The first-order valence-corrected chi connectivity index (χ1v) is 9.32. The largest absolute Gasteiger partial charge is 0.493 e. The number of carbonyl (C=O) groups excluding carboxylic acids is 1. The van der Waals surface area contributed by atoms with Crippen molar-refractivity contribution in [1.29, 1.82) is 0 Å². The standard InChI is InChI=1S/C20H29NO5/c1-23-13-15-11-21(20(22)25-3)12-17(15)14-8-9-18(24-2)19(10-14)26-16-6-4-5-7-16/h8-10,15-17H,4-7,11-13H2,1-3H3/t15-,17-/m1/s1. The minimum Gasteiger partial charge on any atom is -0.493 e. The summed E-state index contributed by atoms with van der Waals surface area (Å²) in [5.74, 6) is 1.97. The van der Waals surface area contributed by atoms with Crippen LogP contribution in [0.5, 0.6) is 11.5 Å². The number of hydrogen-bond donors (Lipinski definition) is 0. The van der Waals surface area contributed by atoms with Crippen molar-refractivity contribution in [2.75, 3.05) is 41.0 Å². The highest BCUT2D eigenvalue weighted by molar-refractivity contribution is 5.68. The Morgan fingerprint density at radius 2 is 1.88 bits per heavy atom. The minimum absolute atomic E-state index is 0.186. The van der Waals surface area contributed by atoms with Crippen molar-refractivity contribution in [2.45, 2.75) is 37.7 Å². The van der Waals surface area contributed by atoms with E-state index in [4.69, 9.17) is 18.9 Å². The van der Waals surface area contributed by atoms with Crippen molar-refractivity contribution in [3.05, 3.63) is 23.8 Å². The smallest absolute Gasteiger partial charge is 0.409 e. The number of likely N-dealkylation sites (tertiary alicyclic amines) is 1. The topological polar surface area (TPSA) is 57.2 Å². The average Bonchev–Trinajstić information content (AvgIpc) is 3.31. The SMILES string of the molecule is COC[C@H]1CN(C(=O)OC)C[C@@H]1c1ccc(OC)c(OC2CCCC2)c1. The molecule has 1 heterocycles. The van der Waals surface area contributed by atoms with E-state index in [1.807, 2.05) is 6.07 Å². The summed E-state index contributed by atoms with van der Waals surface area (Å²) in [6.45, 7) is 1.86. The van der Waals surface area contributed by atoms with E-state index >= 15 is 0 Å². The van der Waals surface area contributed by atoms with E-state index in [1.54, 1.807) is 19.1 Å². The van der Waals surface area contributed by atoms with Crippen LogP contribution in [0.3, 0.4) is 0 Å². The van der Waals surface area contributed by atoms with E-state index in [0.717, 1.165) is 29.9 Å². The quantitative estimate of drug-likeness (QED) is 0.775. The molecule has 1 aliphatic heterocycles. The zero-order valence-corrected chi connectivity index (χ0v) is 15.9. The van der Waals surface area contributed by atoms with Crippen LogP contribution in [0.2, 0.25) is 0 Å². The fraction of sp³-hybridized carbons (Fsp3) is 0.650. The third-order valence-electron chi connectivity index (χ3n) is 5.47. The Bertz CT molecular complexity index is 614. The van der Waals surface area contributed by atoms with Crippen LogP contribution in [-0.4, -0.2) is 58.1 Å². The third kappa shape index (κ3) is 4.06. The van der Waals surface area contributed by atoms with E-state index < -0.39 is 0 Å². The second kappa shape index (κ2) is 8.62. The predicted molar refractivity (Wildman–Crippen MR) is 98.0 cm³/mol. The molecule has 2 atom stereocenters. The van der Waals surface area contributed by atoms with Gasteiger partial charge in [0.25, 0.3) is 0 Å². The Morgan fingerprint density at radius 3 is 2.54 bits per heavy atom. The van der Waals surface area contributed by atoms with Crippen molar-refractivity contribution < 1.29 is 23.7 Å². The van der Waals surface area contributed by atoms with Crippen LogP contribution in [0.4, 0.5) is 4.79 Å². The minimum atomic E-state index is -0.287. The number of benzene rings is 1. The van der Waals surface area contributed by atoms with E-state index in [0.29, 0.717) is 19.7 Å². The summed E-state index contributed by atoms with van der Waals surface area (Å²) < 4.78 is 22.0. The van der Waals surface area contributed by atoms with Crippen molar-refractivity contribution in [1.82, 2.24) is 4.90 Å². The first-order valence-electron chi connectivity index (χ1n) is 9.32. The van der Waals surface area contributed by atoms with Crippen molar-refractivity contribution >= 4 is 6.09 Å². The van der Waals surface area contributed by atoms with Gasteiger partial charge in [0.2, 0.25) is 0 Å². The highest BCUT2D eigenvalue weighted by Gasteiger charge is 2.37. The molecule has 2 aliphatic rings. The molecule has 6 nitrogen and oxygen atoms in total. The Hall–Kier alpha value is -1.95. The lowest BCUT2D eigenvalue weighted by Gasteiger charge is -2.21. The maximum atomic E-state index is 12.0. The second-order valence-corrected chi connectivity index (χ2v) is 7.13. The van der Waals surface area contributed by atoms with Gasteiger partial charge in [-0.15, -0.1) is 0 Å². The molecule has 1 aromatic rings. The highest BCUT2D eigenvalue weighted by Crippen LogP contribution is 2.39. The number of rotatable bonds is 6. The molecule has 0 unspecified atom stereocenters. The highest BCUT2D eigenvalue weighted by atomic mass is 16.5. The molecule has 1 aromatic carbocycles. The van der Waals surface area contributed by atoms with Gasteiger partial charge in [0.05, 0.1) is 26.9 Å². The number of carbonyl (C=O) groups is 1. The van der Waals surface area contributed by atoms with E-state index in [9.17, 15) is 4.79 Å². The molecule has 26 heavy (non-hydrogen) atoms. The molecule has 144 valence electrons. The van der Waals surface area contributed by atoms with Crippen molar-refractivity contribution in [3.63, 3.8) is 0 Å². The lowest BCUT2D eigenvalue weighted by atomic mass is 9.89. The summed E-state index contributed by atoms with van der Waals surface area (Å²) in [6, 6.07) is 6.10. The molecule has 6 heteroatoms. The van der Waals surface area contributed by atoms with Crippen LogP contribution in [-0.2, 0) is 9.47 Å². The first kappa shape index (κ1) is 18.8. The zero-order valence-electron chi connectivity index (χ0n) is 15.9. The summed E-state index contributed by atoms with van der Waals surface area (Å²) in [6.07, 6.45) is 4.62. The number of amides is 1. The molecule has 1 amide bonds. The van der Waals surface area contributed by atoms with Crippen LogP contribution >= 0.6 is 0 Å². The molecule has 0 aromatic heterocycles. The van der Waals surface area contributed by atoms with Gasteiger partial charge >= 0.3 is 6.09 Å². The van der Waals surface area contributed by atoms with Gasteiger partial charge in [-0.05, 0) is 43.4 Å². The van der Waals surface area contributed by atoms with E-state index in [1.165, 1.54) is 20.0 Å². The summed E-state index contributed by atoms with van der Waals surface area (Å²) in [5.41, 5.74) is 1.15. The number of ether oxygens (including phenoxy) is 4. The lowest BCUT2D eigenvalue weighted by Crippen LogP contribution is -2.29. The van der Waals surface area contributed by atoms with Crippen LogP contribution in [0.1, 0.15) is 37.2 Å². The van der Waals surface area contributed by atoms with Gasteiger partial charge in [-0.25, -0.2) is 4.79 Å². The maximum Gasteiger partial charge on any atom is 0.409 e. The Kier molecular flexibility index (Phi) is 6.25. The summed E-state index contributed by atoms with van der Waals surface area (Å²) in [4.78, 5) is 13.7. The summed E-state index contributed by atoms with van der Waals surface area (Å²) >= 11 is 0. The molecule has 3 rings (SSSR count). The fourth-order valence-corrected chi connectivity index (χ4v) is 4.11. The van der Waals surface area contributed by atoms with Gasteiger partial charge in [0.1, 0.15) is 0 Å². The predicted octanol–water partition coefficient (Wildman–Crippen LogP) is 3.44. The molecule has 0 radical (unpaired) electrons. The molecule has 1 saturated heterocycles. The Balaban J connectivity index is 1.82. The van der Waals surface area contributed by atoms with Crippen molar-refractivity contribution in [3.8, 4) is 11.5 Å². The van der Waals surface area contributed by atoms with Gasteiger partial charge < -0.3 is 23.8 Å². The molecule has 1 saturated carbocycles. The Labute approximate surface area is 155 Å². The van der Waals surface area contributed by atoms with Crippen molar-refractivity contribution in [2.24, 2.45) is 5.92 Å². The normalized spacial score (nSPS) is 23.3. The van der Waals surface area contributed by atoms with Crippen LogP contribution in [0, 0.1) is 5.92 Å². The van der Waals surface area contributed by atoms with E-state index in [2.05, 4.69) is 12.1 Å². The molecule has 0 spiro atoms. The lowest BCUT2D eigenvalue weighted by molar-refractivity contribution is 0.123. The monoisotopic (exact) mass is 363 g/mol. The van der Waals surface area contributed by atoms with Crippen LogP contribution in [0.25, 0.3) is 0 Å². The molecule has 2 fully saturated rings. The van der Waals surface area contributed by atoms with Gasteiger partial charge in [-0.2, -0.15) is 0 Å². The summed E-state index contributed by atoms with van der Waals surface area (Å²) in [5, 5.41) is 0. The molecule has 0 N–H and O–H groups in total. The molecular formula is C20H29NO5.